The molecule has 1 atom stereocenters. The third-order valence-corrected chi connectivity index (χ3v) is 7.68. The van der Waals surface area contributed by atoms with Gasteiger partial charge in [-0.15, -0.1) is 0 Å². The van der Waals surface area contributed by atoms with Gasteiger partial charge in [-0.1, -0.05) is 61.8 Å². The van der Waals surface area contributed by atoms with Crippen LogP contribution in [-0.4, -0.2) is 20.4 Å². The molecule has 0 bridgehead atoms. The summed E-state index contributed by atoms with van der Waals surface area (Å²) in [5.41, 5.74) is 2.58. The number of carbonyl (C=O) groups is 1. The fourth-order valence-electron chi connectivity index (χ4n) is 3.25. The number of nitrogens with zero attached hydrogens (tertiary/aromatic N) is 1. The Labute approximate surface area is 201 Å². The normalized spacial score (nSPS) is 12.4. The first kappa shape index (κ1) is 24.8. The SMILES string of the molecule is Cc1ccc(Cl)cc1N(Cc1ccc(C(=O)N[C@H](C)C(C)C)cc1)S(=O)(=O)c1ccccc1. The molecule has 0 saturated heterocycles. The van der Waals surface area contributed by atoms with Crippen molar-refractivity contribution in [1.82, 2.24) is 5.32 Å². The zero-order valence-electron chi connectivity index (χ0n) is 19.2. The van der Waals surface area contributed by atoms with Crippen LogP contribution in [0.5, 0.6) is 0 Å². The van der Waals surface area contributed by atoms with Crippen molar-refractivity contribution in [3.8, 4) is 0 Å². The Morgan fingerprint density at radius 2 is 1.61 bits per heavy atom. The lowest BCUT2D eigenvalue weighted by Gasteiger charge is -2.26. The highest BCUT2D eigenvalue weighted by Gasteiger charge is 2.26. The third kappa shape index (κ3) is 5.95. The monoisotopic (exact) mass is 484 g/mol. The second-order valence-electron chi connectivity index (χ2n) is 8.46. The molecule has 33 heavy (non-hydrogen) atoms. The summed E-state index contributed by atoms with van der Waals surface area (Å²) in [6.45, 7) is 8.02. The number of hydrogen-bond acceptors (Lipinski definition) is 3. The smallest absolute Gasteiger partial charge is 0.264 e. The molecule has 0 aliphatic rings. The highest BCUT2D eigenvalue weighted by atomic mass is 35.5. The van der Waals surface area contributed by atoms with E-state index < -0.39 is 10.0 Å². The molecule has 0 unspecified atom stereocenters. The maximum atomic E-state index is 13.6. The number of halogens is 1. The summed E-state index contributed by atoms with van der Waals surface area (Å²) in [5.74, 6) is 0.174. The summed E-state index contributed by atoms with van der Waals surface area (Å²) in [4.78, 5) is 12.7. The van der Waals surface area contributed by atoms with Gasteiger partial charge in [0.2, 0.25) is 0 Å². The summed E-state index contributed by atoms with van der Waals surface area (Å²) in [6, 6.07) is 20.6. The topological polar surface area (TPSA) is 66.5 Å². The molecular formula is C26H29ClN2O3S. The number of sulfonamides is 1. The van der Waals surface area contributed by atoms with Crippen molar-refractivity contribution in [2.75, 3.05) is 4.31 Å². The number of benzene rings is 3. The van der Waals surface area contributed by atoms with Gasteiger partial charge in [-0.05, 0) is 67.3 Å². The molecular weight excluding hydrogens is 456 g/mol. The first-order valence-corrected chi connectivity index (χ1v) is 12.6. The largest absolute Gasteiger partial charge is 0.349 e. The van der Waals surface area contributed by atoms with E-state index in [4.69, 9.17) is 11.6 Å². The number of amides is 1. The maximum Gasteiger partial charge on any atom is 0.264 e. The highest BCUT2D eigenvalue weighted by molar-refractivity contribution is 7.92. The van der Waals surface area contributed by atoms with Gasteiger partial charge < -0.3 is 5.32 Å². The predicted octanol–water partition coefficient (Wildman–Crippen LogP) is 5.82. The molecule has 0 spiro atoms. The van der Waals surface area contributed by atoms with E-state index in [-0.39, 0.29) is 23.4 Å². The molecule has 0 aliphatic carbocycles. The number of rotatable bonds is 8. The molecule has 5 nitrogen and oxygen atoms in total. The molecule has 3 aromatic carbocycles. The summed E-state index contributed by atoms with van der Waals surface area (Å²) in [6.07, 6.45) is 0. The van der Waals surface area contributed by atoms with Gasteiger partial charge in [-0.25, -0.2) is 8.42 Å². The van der Waals surface area contributed by atoms with E-state index in [1.165, 1.54) is 4.31 Å². The molecule has 1 N–H and O–H groups in total. The molecule has 3 rings (SSSR count). The molecule has 0 aliphatic heterocycles. The lowest BCUT2D eigenvalue weighted by molar-refractivity contribution is 0.0930. The molecule has 0 heterocycles. The van der Waals surface area contributed by atoms with Crippen LogP contribution in [0, 0.1) is 12.8 Å². The van der Waals surface area contributed by atoms with Gasteiger partial charge in [-0.2, -0.15) is 0 Å². The lowest BCUT2D eigenvalue weighted by Crippen LogP contribution is -2.36. The van der Waals surface area contributed by atoms with Crippen molar-refractivity contribution >= 4 is 33.2 Å². The van der Waals surface area contributed by atoms with Gasteiger partial charge in [0.15, 0.2) is 0 Å². The van der Waals surface area contributed by atoms with Gasteiger partial charge in [0.05, 0.1) is 17.1 Å². The van der Waals surface area contributed by atoms with Crippen molar-refractivity contribution in [3.63, 3.8) is 0 Å². The van der Waals surface area contributed by atoms with E-state index >= 15 is 0 Å². The summed E-state index contributed by atoms with van der Waals surface area (Å²) in [5, 5.41) is 3.44. The van der Waals surface area contributed by atoms with Crippen LogP contribution in [0.25, 0.3) is 0 Å². The van der Waals surface area contributed by atoms with E-state index in [0.717, 1.165) is 11.1 Å². The van der Waals surface area contributed by atoms with E-state index in [0.29, 0.717) is 22.2 Å². The van der Waals surface area contributed by atoms with Crippen molar-refractivity contribution in [1.29, 1.82) is 0 Å². The van der Waals surface area contributed by atoms with Crippen molar-refractivity contribution in [3.05, 3.63) is 94.5 Å². The molecule has 174 valence electrons. The lowest BCUT2D eigenvalue weighted by atomic mass is 10.1. The number of carbonyl (C=O) groups excluding carboxylic acids is 1. The van der Waals surface area contributed by atoms with E-state index in [2.05, 4.69) is 5.32 Å². The second-order valence-corrected chi connectivity index (χ2v) is 10.8. The molecule has 1 amide bonds. The van der Waals surface area contributed by atoms with Gasteiger partial charge in [0, 0.05) is 16.6 Å². The molecule has 7 heteroatoms. The van der Waals surface area contributed by atoms with Crippen molar-refractivity contribution in [2.45, 2.75) is 45.2 Å². The van der Waals surface area contributed by atoms with Gasteiger partial charge in [0.1, 0.15) is 0 Å². The minimum atomic E-state index is -3.85. The third-order valence-electron chi connectivity index (χ3n) is 5.67. The molecule has 0 saturated carbocycles. The first-order valence-electron chi connectivity index (χ1n) is 10.8. The molecule has 0 fully saturated rings. The Kier molecular flexibility index (Phi) is 7.82. The highest BCUT2D eigenvalue weighted by Crippen LogP contribution is 2.31. The van der Waals surface area contributed by atoms with Crippen LogP contribution in [-0.2, 0) is 16.6 Å². The Balaban J connectivity index is 1.94. The molecule has 0 radical (unpaired) electrons. The van der Waals surface area contributed by atoms with Crippen LogP contribution in [0.4, 0.5) is 5.69 Å². The molecule has 0 aromatic heterocycles. The van der Waals surface area contributed by atoms with Crippen LogP contribution in [0.3, 0.4) is 0 Å². The minimum absolute atomic E-state index is 0.0505. The van der Waals surface area contributed by atoms with Crippen LogP contribution in [0.15, 0.2) is 77.7 Å². The minimum Gasteiger partial charge on any atom is -0.349 e. The number of aryl methyl sites for hydroxylation is 1. The average Bonchev–Trinajstić information content (AvgIpc) is 2.80. The maximum absolute atomic E-state index is 13.6. The fraction of sp³-hybridized carbons (Fsp3) is 0.269. The second kappa shape index (κ2) is 10.4. The zero-order chi connectivity index (χ0) is 24.2. The number of hydrogen-bond donors (Lipinski definition) is 1. The van der Waals surface area contributed by atoms with Crippen LogP contribution < -0.4 is 9.62 Å². The van der Waals surface area contributed by atoms with Gasteiger partial charge in [0.25, 0.3) is 15.9 Å². The number of nitrogens with one attached hydrogen (secondary N) is 1. The van der Waals surface area contributed by atoms with Gasteiger partial charge in [-0.3, -0.25) is 9.10 Å². The summed E-state index contributed by atoms with van der Waals surface area (Å²) >= 11 is 6.21. The van der Waals surface area contributed by atoms with E-state index in [9.17, 15) is 13.2 Å². The Morgan fingerprint density at radius 3 is 2.21 bits per heavy atom. The number of anilines is 1. The Bertz CT molecular complexity index is 1210. The van der Waals surface area contributed by atoms with Crippen molar-refractivity contribution in [2.24, 2.45) is 5.92 Å². The van der Waals surface area contributed by atoms with Gasteiger partial charge >= 0.3 is 0 Å². The summed E-state index contributed by atoms with van der Waals surface area (Å²) in [7, 11) is -3.85. The van der Waals surface area contributed by atoms with E-state index in [1.807, 2.05) is 27.7 Å². The van der Waals surface area contributed by atoms with Crippen LogP contribution in [0.2, 0.25) is 5.02 Å². The predicted molar refractivity (Wildman–Crippen MR) is 134 cm³/mol. The van der Waals surface area contributed by atoms with Crippen LogP contribution in [0.1, 0.15) is 42.3 Å². The quantitative estimate of drug-likeness (QED) is 0.438. The fourth-order valence-corrected chi connectivity index (χ4v) is 4.95. The zero-order valence-corrected chi connectivity index (χ0v) is 20.8. The van der Waals surface area contributed by atoms with Crippen LogP contribution >= 0.6 is 11.6 Å². The van der Waals surface area contributed by atoms with E-state index in [1.54, 1.807) is 72.8 Å². The first-order chi connectivity index (χ1) is 15.6. The average molecular weight is 485 g/mol. The Morgan fingerprint density at radius 1 is 0.970 bits per heavy atom. The Hall–Kier alpha value is -2.83. The summed E-state index contributed by atoms with van der Waals surface area (Å²) < 4.78 is 28.5. The standard InChI is InChI=1S/C26H29ClN2O3S/c1-18(2)20(4)28-26(30)22-13-11-21(12-14-22)17-29(25-16-23(27)15-10-19(25)3)33(31,32)24-8-6-5-7-9-24/h5-16,18,20H,17H2,1-4H3,(H,28,30)/t20-/m1/s1. The van der Waals surface area contributed by atoms with Crippen molar-refractivity contribution < 1.29 is 13.2 Å². The molecule has 3 aromatic rings.